The Morgan fingerprint density at radius 1 is 1.15 bits per heavy atom. The van der Waals surface area contributed by atoms with Gasteiger partial charge in [0.1, 0.15) is 10.7 Å². The summed E-state index contributed by atoms with van der Waals surface area (Å²) >= 11 is 6.12. The Kier molecular flexibility index (Phi) is 5.47. The van der Waals surface area contributed by atoms with E-state index in [1.807, 2.05) is 26.0 Å². The Bertz CT molecular complexity index is 1110. The van der Waals surface area contributed by atoms with Crippen molar-refractivity contribution < 1.29 is 9.32 Å². The van der Waals surface area contributed by atoms with Crippen molar-refractivity contribution in [1.29, 1.82) is 0 Å². The van der Waals surface area contributed by atoms with E-state index in [-0.39, 0.29) is 16.9 Å². The Labute approximate surface area is 209 Å². The van der Waals surface area contributed by atoms with Gasteiger partial charge in [-0.2, -0.15) is 4.98 Å². The summed E-state index contributed by atoms with van der Waals surface area (Å²) in [5.41, 5.74) is 1.92. The Morgan fingerprint density at radius 3 is 2.41 bits per heavy atom. The maximum absolute atomic E-state index is 13.4. The molecular formula is C26H33ClN4O2S. The van der Waals surface area contributed by atoms with Crippen LogP contribution in [0.5, 0.6) is 0 Å². The second kappa shape index (κ2) is 8.17. The molecule has 2 bridgehead atoms. The molecule has 1 saturated carbocycles. The maximum atomic E-state index is 13.4. The predicted molar refractivity (Wildman–Crippen MR) is 136 cm³/mol. The average Bonchev–Trinajstić information content (AvgIpc) is 3.18. The van der Waals surface area contributed by atoms with E-state index in [0.29, 0.717) is 30.2 Å². The van der Waals surface area contributed by atoms with Crippen molar-refractivity contribution in [3.8, 4) is 0 Å². The standard InChI is InChI=1S/C26H33ClN4O2S/c1-25(2)14-21-22(34(25)33)23(30-26(15-32)10-3-11-26)29-24(28-21)31-19-8-9-20(31)13-17(12-19)16-4-6-18(27)7-5-16/h4-7,17,19-20,32H,3,8-15H2,1-2H3,(H,28,29,30)/t17?,19?,20?,34-/m0/s1. The van der Waals surface area contributed by atoms with Crippen LogP contribution in [0.3, 0.4) is 0 Å². The molecule has 6 rings (SSSR count). The van der Waals surface area contributed by atoms with Gasteiger partial charge in [0, 0.05) is 23.5 Å². The molecule has 1 aromatic heterocycles. The first kappa shape index (κ1) is 22.7. The molecule has 1 aliphatic carbocycles. The molecule has 0 amide bonds. The molecule has 182 valence electrons. The van der Waals surface area contributed by atoms with Crippen molar-refractivity contribution >= 4 is 34.2 Å². The van der Waals surface area contributed by atoms with Gasteiger partial charge in [-0.05, 0) is 82.4 Å². The first-order chi connectivity index (χ1) is 16.3. The number of hydrogen-bond donors (Lipinski definition) is 2. The highest BCUT2D eigenvalue weighted by atomic mass is 35.5. The molecule has 3 atom stereocenters. The summed E-state index contributed by atoms with van der Waals surface area (Å²) in [5, 5.41) is 14.4. The number of aliphatic hydroxyl groups excluding tert-OH is 1. The van der Waals surface area contributed by atoms with Crippen LogP contribution in [0.4, 0.5) is 11.8 Å². The fraction of sp³-hybridized carbons (Fsp3) is 0.615. The Morgan fingerprint density at radius 2 is 1.82 bits per heavy atom. The van der Waals surface area contributed by atoms with Crippen LogP contribution in [0.25, 0.3) is 0 Å². The topological polar surface area (TPSA) is 78.3 Å². The summed E-state index contributed by atoms with van der Waals surface area (Å²) in [5.74, 6) is 1.97. The molecule has 0 spiro atoms. The van der Waals surface area contributed by atoms with Crippen LogP contribution >= 0.6 is 11.6 Å². The molecule has 4 aliphatic rings. The average molecular weight is 501 g/mol. The lowest BCUT2D eigenvalue weighted by Gasteiger charge is -2.42. The van der Waals surface area contributed by atoms with Gasteiger partial charge in [0.25, 0.3) is 0 Å². The normalized spacial score (nSPS) is 30.6. The molecule has 2 aromatic rings. The van der Waals surface area contributed by atoms with Crippen LogP contribution in [-0.4, -0.2) is 48.3 Å². The monoisotopic (exact) mass is 500 g/mol. The number of benzene rings is 1. The minimum atomic E-state index is -1.18. The first-order valence-corrected chi connectivity index (χ1v) is 14.1. The zero-order valence-electron chi connectivity index (χ0n) is 19.9. The molecule has 34 heavy (non-hydrogen) atoms. The van der Waals surface area contributed by atoms with Crippen LogP contribution in [0.2, 0.25) is 5.02 Å². The number of halogens is 1. The molecule has 2 unspecified atom stereocenters. The number of hydrogen-bond acceptors (Lipinski definition) is 6. The van der Waals surface area contributed by atoms with Gasteiger partial charge >= 0.3 is 0 Å². The fourth-order valence-corrected chi connectivity index (χ4v) is 7.98. The van der Waals surface area contributed by atoms with E-state index in [9.17, 15) is 9.32 Å². The zero-order valence-corrected chi connectivity index (χ0v) is 21.5. The highest BCUT2D eigenvalue weighted by Gasteiger charge is 2.46. The van der Waals surface area contributed by atoms with Crippen molar-refractivity contribution in [2.45, 2.75) is 98.4 Å². The molecule has 2 N–H and O–H groups in total. The number of piperidine rings is 1. The second-order valence-electron chi connectivity index (χ2n) is 11.3. The summed E-state index contributed by atoms with van der Waals surface area (Å²) in [6.07, 6.45) is 8.05. The number of fused-ring (bicyclic) bond motifs is 3. The van der Waals surface area contributed by atoms with E-state index in [2.05, 4.69) is 22.3 Å². The van der Waals surface area contributed by atoms with Gasteiger partial charge in [-0.15, -0.1) is 0 Å². The summed E-state index contributed by atoms with van der Waals surface area (Å²) in [7, 11) is -1.18. The third kappa shape index (κ3) is 3.66. The van der Waals surface area contributed by atoms with Crippen molar-refractivity contribution in [2.75, 3.05) is 16.8 Å². The lowest BCUT2D eigenvalue weighted by Crippen LogP contribution is -2.49. The Balaban J connectivity index is 1.34. The maximum Gasteiger partial charge on any atom is 0.228 e. The van der Waals surface area contributed by atoms with Crippen LogP contribution in [0, 0.1) is 0 Å². The number of anilines is 2. The van der Waals surface area contributed by atoms with Gasteiger partial charge < -0.3 is 15.3 Å². The third-order valence-electron chi connectivity index (χ3n) is 8.51. The lowest BCUT2D eigenvalue weighted by molar-refractivity contribution is 0.143. The molecule has 6 nitrogen and oxygen atoms in total. The molecule has 2 saturated heterocycles. The largest absolute Gasteiger partial charge is 0.394 e. The summed E-state index contributed by atoms with van der Waals surface area (Å²) in [6.45, 7) is 4.15. The molecular weight excluding hydrogens is 468 g/mol. The number of nitrogens with zero attached hydrogens (tertiary/aromatic N) is 3. The zero-order chi connectivity index (χ0) is 23.7. The summed E-state index contributed by atoms with van der Waals surface area (Å²) < 4.78 is 13.0. The summed E-state index contributed by atoms with van der Waals surface area (Å²) in [4.78, 5) is 13.3. The van der Waals surface area contributed by atoms with Crippen LogP contribution in [-0.2, 0) is 17.2 Å². The summed E-state index contributed by atoms with van der Waals surface area (Å²) in [6, 6.07) is 9.13. The number of aromatic nitrogens is 2. The van der Waals surface area contributed by atoms with E-state index in [4.69, 9.17) is 21.6 Å². The first-order valence-electron chi connectivity index (χ1n) is 12.5. The van der Waals surface area contributed by atoms with Gasteiger partial charge in [0.2, 0.25) is 5.95 Å². The van der Waals surface area contributed by atoms with E-state index >= 15 is 0 Å². The third-order valence-corrected chi connectivity index (χ3v) is 10.7. The SMILES string of the molecule is CC1(C)Cc2nc(N3C4CCC3CC(c3ccc(Cl)cc3)C4)nc(NC3(CO)CCC3)c2[S@@]1=O. The van der Waals surface area contributed by atoms with Gasteiger partial charge in [-0.3, -0.25) is 4.21 Å². The van der Waals surface area contributed by atoms with Crippen molar-refractivity contribution in [3.05, 3.63) is 40.5 Å². The fourth-order valence-electron chi connectivity index (χ4n) is 6.43. The molecule has 1 aromatic carbocycles. The minimum Gasteiger partial charge on any atom is -0.394 e. The quantitative estimate of drug-likeness (QED) is 0.613. The minimum absolute atomic E-state index is 0.0644. The molecule has 8 heteroatoms. The van der Waals surface area contributed by atoms with Crippen molar-refractivity contribution in [1.82, 2.24) is 9.97 Å². The highest BCUT2D eigenvalue weighted by Crippen LogP contribution is 2.47. The van der Waals surface area contributed by atoms with E-state index in [1.54, 1.807) is 0 Å². The second-order valence-corrected chi connectivity index (χ2v) is 13.8. The van der Waals surface area contributed by atoms with Crippen LogP contribution in [0.1, 0.15) is 76.0 Å². The van der Waals surface area contributed by atoms with Crippen LogP contribution in [0.15, 0.2) is 29.2 Å². The van der Waals surface area contributed by atoms with Gasteiger partial charge in [0.15, 0.2) is 0 Å². The number of nitrogens with one attached hydrogen (secondary N) is 1. The molecule has 0 radical (unpaired) electrons. The number of rotatable bonds is 5. The van der Waals surface area contributed by atoms with Crippen molar-refractivity contribution in [3.63, 3.8) is 0 Å². The van der Waals surface area contributed by atoms with Gasteiger partial charge in [-0.1, -0.05) is 23.7 Å². The predicted octanol–water partition coefficient (Wildman–Crippen LogP) is 4.81. The van der Waals surface area contributed by atoms with Crippen molar-refractivity contribution in [2.24, 2.45) is 0 Å². The molecule has 4 heterocycles. The molecule has 3 fully saturated rings. The lowest BCUT2D eigenvalue weighted by atomic mass is 9.77. The smallest absolute Gasteiger partial charge is 0.228 e. The van der Waals surface area contributed by atoms with Crippen LogP contribution < -0.4 is 10.2 Å². The van der Waals surface area contributed by atoms with Gasteiger partial charge in [0.05, 0.1) is 33.4 Å². The highest BCUT2D eigenvalue weighted by molar-refractivity contribution is 7.87. The van der Waals surface area contributed by atoms with E-state index in [0.717, 1.165) is 66.5 Å². The van der Waals surface area contributed by atoms with E-state index in [1.165, 1.54) is 5.56 Å². The Hall–Kier alpha value is -1.70. The van der Waals surface area contributed by atoms with Gasteiger partial charge in [-0.25, -0.2) is 4.98 Å². The van der Waals surface area contributed by atoms with E-state index < -0.39 is 10.8 Å². The molecule has 3 aliphatic heterocycles. The number of aliphatic hydroxyl groups is 1.